The molecular formula is C6H12S. The maximum atomic E-state index is 3.85. The lowest BCUT2D eigenvalue weighted by molar-refractivity contribution is 1.07. The predicted molar refractivity (Wildman–Crippen MR) is 37.3 cm³/mol. The summed E-state index contributed by atoms with van der Waals surface area (Å²) in [6.07, 6.45) is 0.943. The van der Waals surface area contributed by atoms with Crippen LogP contribution in [0.4, 0.5) is 0 Å². The summed E-state index contributed by atoms with van der Waals surface area (Å²) >= 11 is 1.86. The van der Waals surface area contributed by atoms with E-state index < -0.39 is 0 Å². The zero-order valence-electron chi connectivity index (χ0n) is 4.81. The zero-order chi connectivity index (χ0) is 5.70. The van der Waals surface area contributed by atoms with E-state index in [4.69, 9.17) is 0 Å². The molecule has 0 fully saturated rings. The third-order valence-corrected chi connectivity index (χ3v) is 1.76. The van der Waals surface area contributed by atoms with Crippen molar-refractivity contribution in [3.63, 3.8) is 0 Å². The molecule has 1 atom stereocenters. The molecule has 0 aromatic rings. The van der Waals surface area contributed by atoms with Gasteiger partial charge in [-0.3, -0.25) is 0 Å². The van der Waals surface area contributed by atoms with Crippen molar-refractivity contribution < 1.29 is 0 Å². The summed E-state index contributed by atoms with van der Waals surface area (Å²) < 4.78 is 0. The minimum Gasteiger partial charge on any atom is -0.159 e. The van der Waals surface area contributed by atoms with E-state index in [2.05, 4.69) is 20.8 Å². The Balaban J connectivity index is 2.83. The Morgan fingerprint density at radius 1 is 1.71 bits per heavy atom. The summed E-state index contributed by atoms with van der Waals surface area (Å²) in [6.45, 7) is 9.70. The molecule has 0 aliphatic rings. The van der Waals surface area contributed by atoms with Crippen molar-refractivity contribution in [2.24, 2.45) is 0 Å². The van der Waals surface area contributed by atoms with Gasteiger partial charge in [0.1, 0.15) is 0 Å². The second-order valence-corrected chi connectivity index (χ2v) is 2.94. The fraction of sp³-hybridized carbons (Fsp3) is 0.667. The van der Waals surface area contributed by atoms with E-state index in [9.17, 15) is 0 Å². The van der Waals surface area contributed by atoms with Crippen LogP contribution in [0, 0.1) is 13.8 Å². The molecule has 0 heterocycles. The lowest BCUT2D eigenvalue weighted by atomic mass is 10.4. The van der Waals surface area contributed by atoms with Crippen LogP contribution in [-0.4, -0.2) is 11.0 Å². The first kappa shape index (κ1) is 7.35. The summed E-state index contributed by atoms with van der Waals surface area (Å²) in [7, 11) is 0. The van der Waals surface area contributed by atoms with Gasteiger partial charge in [-0.2, -0.15) is 11.8 Å². The van der Waals surface area contributed by atoms with Crippen LogP contribution in [0.25, 0.3) is 0 Å². The summed E-state index contributed by atoms with van der Waals surface area (Å²) in [6, 6.07) is 0. The molecule has 0 saturated heterocycles. The highest BCUT2D eigenvalue weighted by Gasteiger charge is 1.93. The lowest BCUT2D eigenvalue weighted by Crippen LogP contribution is -1.92. The van der Waals surface area contributed by atoms with Crippen LogP contribution < -0.4 is 0 Å². The van der Waals surface area contributed by atoms with Gasteiger partial charge in [-0.25, -0.2) is 0 Å². The second kappa shape index (κ2) is 4.51. The van der Waals surface area contributed by atoms with E-state index in [0.717, 1.165) is 12.2 Å². The molecule has 1 heteroatoms. The maximum absolute atomic E-state index is 3.85. The van der Waals surface area contributed by atoms with Crippen molar-refractivity contribution >= 4 is 11.8 Å². The van der Waals surface area contributed by atoms with Crippen molar-refractivity contribution in [3.8, 4) is 0 Å². The number of hydrogen-bond donors (Lipinski definition) is 0. The molecule has 0 N–H and O–H groups in total. The maximum Gasteiger partial charge on any atom is 0.00473 e. The van der Waals surface area contributed by atoms with Gasteiger partial charge >= 0.3 is 0 Å². The first-order valence-electron chi connectivity index (χ1n) is 2.55. The topological polar surface area (TPSA) is 0 Å². The summed E-state index contributed by atoms with van der Waals surface area (Å²) in [5.74, 6) is 1.16. The highest BCUT2D eigenvalue weighted by Crippen LogP contribution is 2.10. The lowest BCUT2D eigenvalue weighted by Gasteiger charge is -2.02. The molecule has 0 spiro atoms. The first-order chi connectivity index (χ1) is 3.31. The Bertz CT molecular complexity index is 35.2. The van der Waals surface area contributed by atoms with Gasteiger partial charge < -0.3 is 0 Å². The Morgan fingerprint density at radius 2 is 2.29 bits per heavy atom. The molecule has 0 aliphatic carbocycles. The van der Waals surface area contributed by atoms with E-state index in [1.54, 1.807) is 0 Å². The van der Waals surface area contributed by atoms with Crippen molar-refractivity contribution in [2.75, 3.05) is 5.75 Å². The number of rotatable bonds is 3. The largest absolute Gasteiger partial charge is 0.159 e. The molecule has 1 unspecified atom stereocenters. The third kappa shape index (κ3) is 4.20. The van der Waals surface area contributed by atoms with Gasteiger partial charge in [0.2, 0.25) is 0 Å². The molecule has 0 amide bonds. The first-order valence-corrected chi connectivity index (χ1v) is 3.60. The summed E-state index contributed by atoms with van der Waals surface area (Å²) in [4.78, 5) is 0. The van der Waals surface area contributed by atoms with Crippen LogP contribution in [0.3, 0.4) is 0 Å². The van der Waals surface area contributed by atoms with Crippen LogP contribution in [0.15, 0.2) is 0 Å². The molecule has 0 aromatic carbocycles. The minimum absolute atomic E-state index is 0.505. The van der Waals surface area contributed by atoms with Crippen molar-refractivity contribution in [1.29, 1.82) is 0 Å². The Labute approximate surface area is 50.7 Å². The molecule has 0 aliphatic heterocycles. The fourth-order valence-electron chi connectivity index (χ4n) is 0.319. The molecule has 0 aromatic heterocycles. The molecule has 0 nitrogen and oxygen atoms in total. The standard InChI is InChI=1S/C6H12S/c1-4-6(3)7-5-2/h6H,1,3-5H2,2H3. The van der Waals surface area contributed by atoms with E-state index in [1.807, 2.05) is 11.8 Å². The van der Waals surface area contributed by atoms with Crippen LogP contribution >= 0.6 is 11.8 Å². The van der Waals surface area contributed by atoms with Crippen molar-refractivity contribution in [3.05, 3.63) is 13.8 Å². The molecule has 0 bridgehead atoms. The molecular weight excluding hydrogens is 104 g/mol. The number of thioether (sulfide) groups is 1. The van der Waals surface area contributed by atoms with Crippen LogP contribution in [0.2, 0.25) is 0 Å². The molecule has 0 rings (SSSR count). The highest BCUT2D eigenvalue weighted by atomic mass is 32.2. The van der Waals surface area contributed by atoms with Gasteiger partial charge in [0, 0.05) is 5.25 Å². The van der Waals surface area contributed by atoms with E-state index >= 15 is 0 Å². The Hall–Kier alpha value is 0.350. The molecule has 7 heavy (non-hydrogen) atoms. The van der Waals surface area contributed by atoms with Gasteiger partial charge in [0.25, 0.3) is 0 Å². The number of hydrogen-bond acceptors (Lipinski definition) is 1. The summed E-state index contributed by atoms with van der Waals surface area (Å²) in [5, 5.41) is 0.505. The highest BCUT2D eigenvalue weighted by molar-refractivity contribution is 7.99. The second-order valence-electron chi connectivity index (χ2n) is 1.37. The quantitative estimate of drug-likeness (QED) is 0.544. The Morgan fingerprint density at radius 3 is 2.43 bits per heavy atom. The van der Waals surface area contributed by atoms with Gasteiger partial charge in [-0.1, -0.05) is 13.8 Å². The molecule has 2 radical (unpaired) electrons. The fourth-order valence-corrected chi connectivity index (χ4v) is 0.957. The van der Waals surface area contributed by atoms with Gasteiger partial charge in [0.05, 0.1) is 0 Å². The average Bonchev–Trinajstić information content (AvgIpc) is 1.68. The molecule has 0 saturated carbocycles. The smallest absolute Gasteiger partial charge is 0.00473 e. The van der Waals surface area contributed by atoms with E-state index in [1.165, 1.54) is 0 Å². The van der Waals surface area contributed by atoms with Crippen LogP contribution in [0.1, 0.15) is 13.3 Å². The monoisotopic (exact) mass is 116 g/mol. The van der Waals surface area contributed by atoms with Gasteiger partial charge in [-0.15, -0.1) is 0 Å². The van der Waals surface area contributed by atoms with Crippen LogP contribution in [0.5, 0.6) is 0 Å². The van der Waals surface area contributed by atoms with Crippen molar-refractivity contribution in [1.82, 2.24) is 0 Å². The normalized spacial score (nSPS) is 14.1. The average molecular weight is 116 g/mol. The predicted octanol–water partition coefficient (Wildman–Crippen LogP) is 2.17. The zero-order valence-corrected chi connectivity index (χ0v) is 5.63. The SMILES string of the molecule is [CH2]CC([CH2])SCC. The summed E-state index contributed by atoms with van der Waals surface area (Å²) in [5.41, 5.74) is 0. The van der Waals surface area contributed by atoms with Gasteiger partial charge in [0.15, 0.2) is 0 Å². The van der Waals surface area contributed by atoms with E-state index in [-0.39, 0.29) is 0 Å². The molecule has 42 valence electrons. The Kier molecular flexibility index (Phi) is 4.73. The third-order valence-electron chi connectivity index (χ3n) is 0.724. The van der Waals surface area contributed by atoms with Crippen LogP contribution in [-0.2, 0) is 0 Å². The van der Waals surface area contributed by atoms with Crippen molar-refractivity contribution in [2.45, 2.75) is 18.6 Å². The minimum atomic E-state index is 0.505. The van der Waals surface area contributed by atoms with Gasteiger partial charge in [-0.05, 0) is 19.1 Å². The van der Waals surface area contributed by atoms with E-state index in [0.29, 0.717) is 5.25 Å².